The molecule has 8 heteroatoms. The highest BCUT2D eigenvalue weighted by atomic mass is 35.5. The second kappa shape index (κ2) is 7.71. The number of aromatic amines is 1. The monoisotopic (exact) mass is 369 g/mol. The van der Waals surface area contributed by atoms with E-state index in [1.54, 1.807) is 37.6 Å². The third kappa shape index (κ3) is 3.84. The molecule has 0 aliphatic rings. The van der Waals surface area contributed by atoms with Crippen LogP contribution in [-0.2, 0) is 0 Å². The Kier molecular flexibility index (Phi) is 5.19. The van der Waals surface area contributed by atoms with Gasteiger partial charge in [-0.1, -0.05) is 23.7 Å². The van der Waals surface area contributed by atoms with E-state index >= 15 is 0 Å². The number of nitrogens with zero attached hydrogens (tertiary/aromatic N) is 2. The molecule has 7 nitrogen and oxygen atoms in total. The van der Waals surface area contributed by atoms with Gasteiger partial charge in [0.05, 0.1) is 7.11 Å². The summed E-state index contributed by atoms with van der Waals surface area (Å²) in [5.41, 5.74) is 7.13. The summed E-state index contributed by atoms with van der Waals surface area (Å²) in [5.74, 6) is 0.546. The Morgan fingerprint density at radius 2 is 2.00 bits per heavy atom. The van der Waals surface area contributed by atoms with Gasteiger partial charge >= 0.3 is 0 Å². The lowest BCUT2D eigenvalue weighted by molar-refractivity contribution is 0.100. The van der Waals surface area contributed by atoms with Gasteiger partial charge in [0, 0.05) is 22.5 Å². The molecule has 0 aliphatic carbocycles. The number of aliphatic imine (C=N–C) groups is 1. The van der Waals surface area contributed by atoms with Crippen LogP contribution in [0.2, 0.25) is 5.02 Å². The topological polar surface area (TPSA) is 105 Å². The molecule has 0 radical (unpaired) electrons. The van der Waals surface area contributed by atoms with Crippen LogP contribution in [0.25, 0.3) is 0 Å². The molecule has 1 heterocycles. The molecule has 0 saturated heterocycles. The van der Waals surface area contributed by atoms with E-state index in [-0.39, 0.29) is 17.2 Å². The van der Waals surface area contributed by atoms with Gasteiger partial charge in [-0.05, 0) is 36.4 Å². The number of hydrogen-bond donors (Lipinski definition) is 3. The zero-order valence-corrected chi connectivity index (χ0v) is 14.6. The number of primary amides is 1. The van der Waals surface area contributed by atoms with Crippen LogP contribution in [0, 0.1) is 0 Å². The molecule has 0 atom stereocenters. The number of ether oxygens (including phenoxy) is 1. The molecule has 3 rings (SSSR count). The second-order valence-corrected chi connectivity index (χ2v) is 5.73. The summed E-state index contributed by atoms with van der Waals surface area (Å²) in [5, 5.41) is 10.4. The normalized spacial score (nSPS) is 10.8. The summed E-state index contributed by atoms with van der Waals surface area (Å²) in [6.07, 6.45) is 1.57. The Hall–Kier alpha value is -3.32. The van der Waals surface area contributed by atoms with Crippen LogP contribution in [-0.4, -0.2) is 29.4 Å². The summed E-state index contributed by atoms with van der Waals surface area (Å²) < 4.78 is 5.27. The van der Waals surface area contributed by atoms with Gasteiger partial charge in [0.25, 0.3) is 5.91 Å². The molecule has 1 aromatic heterocycles. The average molecular weight is 370 g/mol. The number of carbonyl (C=O) groups excluding carboxylic acids is 1. The Balaban J connectivity index is 1.91. The van der Waals surface area contributed by atoms with Crippen LogP contribution in [0.15, 0.2) is 53.5 Å². The number of anilines is 2. The van der Waals surface area contributed by atoms with Crippen molar-refractivity contribution in [2.45, 2.75) is 0 Å². The van der Waals surface area contributed by atoms with E-state index in [0.717, 1.165) is 5.56 Å². The van der Waals surface area contributed by atoms with Crippen molar-refractivity contribution >= 4 is 41.0 Å². The zero-order chi connectivity index (χ0) is 18.5. The zero-order valence-electron chi connectivity index (χ0n) is 13.9. The minimum Gasteiger partial charge on any atom is -0.496 e. The lowest BCUT2D eigenvalue weighted by Crippen LogP contribution is -2.12. The number of aromatic nitrogens is 2. The van der Waals surface area contributed by atoms with Crippen molar-refractivity contribution in [1.29, 1.82) is 0 Å². The molecule has 26 heavy (non-hydrogen) atoms. The first-order chi connectivity index (χ1) is 12.6. The third-order valence-electron chi connectivity index (χ3n) is 3.57. The quantitative estimate of drug-likeness (QED) is 0.576. The van der Waals surface area contributed by atoms with E-state index in [4.69, 9.17) is 22.1 Å². The lowest BCUT2D eigenvalue weighted by Gasteiger charge is -2.05. The number of amides is 1. The van der Waals surface area contributed by atoms with Gasteiger partial charge in [-0.2, -0.15) is 5.10 Å². The van der Waals surface area contributed by atoms with Crippen molar-refractivity contribution in [3.63, 3.8) is 0 Å². The van der Waals surface area contributed by atoms with E-state index in [2.05, 4.69) is 20.5 Å². The van der Waals surface area contributed by atoms with Crippen molar-refractivity contribution in [2.24, 2.45) is 10.7 Å². The molecule has 0 spiro atoms. The standard InChI is InChI=1S/C18H16ClN5O2/c1-26-14-5-3-2-4-11(14)10-21-17-15(16(20)25)18(24-23-17)22-13-8-6-12(19)7-9-13/h2-10H,1H3,(H2,20,25)(H2,22,23,24)/b21-10+. The van der Waals surface area contributed by atoms with Gasteiger partial charge in [-0.15, -0.1) is 0 Å². The average Bonchev–Trinajstić information content (AvgIpc) is 3.05. The number of nitrogens with two attached hydrogens (primary N) is 1. The van der Waals surface area contributed by atoms with Crippen molar-refractivity contribution in [3.8, 4) is 5.75 Å². The van der Waals surface area contributed by atoms with Gasteiger partial charge in [0.2, 0.25) is 0 Å². The Bertz CT molecular complexity index is 950. The molecule has 132 valence electrons. The van der Waals surface area contributed by atoms with Gasteiger partial charge in [-0.25, -0.2) is 4.99 Å². The number of carbonyl (C=O) groups is 1. The highest BCUT2D eigenvalue weighted by molar-refractivity contribution is 6.30. The number of nitrogens with one attached hydrogen (secondary N) is 2. The fourth-order valence-corrected chi connectivity index (χ4v) is 2.45. The molecule has 0 saturated carbocycles. The summed E-state index contributed by atoms with van der Waals surface area (Å²) in [7, 11) is 1.58. The van der Waals surface area contributed by atoms with Crippen molar-refractivity contribution < 1.29 is 9.53 Å². The summed E-state index contributed by atoms with van der Waals surface area (Å²) in [4.78, 5) is 16.2. The minimum atomic E-state index is -0.651. The van der Waals surface area contributed by atoms with Gasteiger partial charge in [-0.3, -0.25) is 9.89 Å². The van der Waals surface area contributed by atoms with Crippen LogP contribution < -0.4 is 15.8 Å². The van der Waals surface area contributed by atoms with Crippen LogP contribution in [0.3, 0.4) is 0 Å². The third-order valence-corrected chi connectivity index (χ3v) is 3.82. The summed E-state index contributed by atoms with van der Waals surface area (Å²) in [6.45, 7) is 0. The number of hydrogen-bond acceptors (Lipinski definition) is 5. The van der Waals surface area contributed by atoms with Crippen molar-refractivity contribution in [1.82, 2.24) is 10.2 Å². The molecule has 4 N–H and O–H groups in total. The van der Waals surface area contributed by atoms with Crippen LogP contribution in [0.1, 0.15) is 15.9 Å². The van der Waals surface area contributed by atoms with Crippen molar-refractivity contribution in [2.75, 3.05) is 12.4 Å². The Labute approximate surface area is 154 Å². The number of halogens is 1. The maximum absolute atomic E-state index is 11.9. The minimum absolute atomic E-state index is 0.158. The first kappa shape index (κ1) is 17.5. The fourth-order valence-electron chi connectivity index (χ4n) is 2.33. The Morgan fingerprint density at radius 3 is 2.69 bits per heavy atom. The molecule has 0 fully saturated rings. The van der Waals surface area contributed by atoms with Gasteiger partial charge < -0.3 is 15.8 Å². The number of methoxy groups -OCH3 is 1. The SMILES string of the molecule is COc1ccccc1/C=N/c1[nH]nc(Nc2ccc(Cl)cc2)c1C(N)=O. The molecule has 0 unspecified atom stereocenters. The number of rotatable bonds is 6. The van der Waals surface area contributed by atoms with Gasteiger partial charge in [0.15, 0.2) is 11.6 Å². The Morgan fingerprint density at radius 1 is 1.27 bits per heavy atom. The van der Waals surface area contributed by atoms with Gasteiger partial charge in [0.1, 0.15) is 11.3 Å². The highest BCUT2D eigenvalue weighted by Gasteiger charge is 2.18. The largest absolute Gasteiger partial charge is 0.496 e. The smallest absolute Gasteiger partial charge is 0.256 e. The maximum atomic E-state index is 11.9. The molecule has 0 bridgehead atoms. The maximum Gasteiger partial charge on any atom is 0.256 e. The first-order valence-electron chi connectivity index (χ1n) is 7.66. The molecule has 3 aromatic rings. The lowest BCUT2D eigenvalue weighted by atomic mass is 10.2. The predicted molar refractivity (Wildman–Crippen MR) is 102 cm³/mol. The van der Waals surface area contributed by atoms with E-state index < -0.39 is 5.91 Å². The van der Waals surface area contributed by atoms with E-state index in [1.165, 1.54) is 0 Å². The van der Waals surface area contributed by atoms with E-state index in [0.29, 0.717) is 16.5 Å². The molecule has 0 aliphatic heterocycles. The molecular formula is C18H16ClN5O2. The molecule has 1 amide bonds. The summed E-state index contributed by atoms with van der Waals surface area (Å²) >= 11 is 5.87. The molecule has 2 aromatic carbocycles. The highest BCUT2D eigenvalue weighted by Crippen LogP contribution is 2.27. The van der Waals surface area contributed by atoms with Crippen LogP contribution in [0.5, 0.6) is 5.75 Å². The van der Waals surface area contributed by atoms with Crippen molar-refractivity contribution in [3.05, 3.63) is 64.7 Å². The van der Waals surface area contributed by atoms with Crippen LogP contribution >= 0.6 is 11.6 Å². The number of H-pyrrole nitrogens is 1. The van der Waals surface area contributed by atoms with E-state index in [9.17, 15) is 4.79 Å². The summed E-state index contributed by atoms with van der Waals surface area (Å²) in [6, 6.07) is 14.3. The first-order valence-corrected chi connectivity index (χ1v) is 8.04. The number of para-hydroxylation sites is 1. The second-order valence-electron chi connectivity index (χ2n) is 5.29. The van der Waals surface area contributed by atoms with Crippen LogP contribution in [0.4, 0.5) is 17.3 Å². The van der Waals surface area contributed by atoms with E-state index in [1.807, 2.05) is 24.3 Å². The predicted octanol–water partition coefficient (Wildman–Crippen LogP) is 3.66. The number of benzene rings is 2. The molecular weight excluding hydrogens is 354 g/mol. The fraction of sp³-hybridized carbons (Fsp3) is 0.0556.